The summed E-state index contributed by atoms with van der Waals surface area (Å²) in [7, 11) is 0. The molecule has 0 unspecified atom stereocenters. The number of thiazole rings is 1. The maximum atomic E-state index is 5.21. The smallest absolute Gasteiger partial charge is 0.195 e. The molecule has 20 heavy (non-hydrogen) atoms. The van der Waals surface area contributed by atoms with Crippen LogP contribution in [0, 0.1) is 4.77 Å². The van der Waals surface area contributed by atoms with Crippen molar-refractivity contribution in [3.05, 3.63) is 51.9 Å². The molecule has 1 N–H and O–H groups in total. The first-order chi connectivity index (χ1) is 9.78. The van der Waals surface area contributed by atoms with Gasteiger partial charge in [0.1, 0.15) is 0 Å². The molecular formula is C14H14N4S2. The number of benzene rings is 1. The van der Waals surface area contributed by atoms with E-state index >= 15 is 0 Å². The Balaban J connectivity index is 1.88. The summed E-state index contributed by atoms with van der Waals surface area (Å²) in [5.41, 5.74) is 1.27. The molecule has 1 aromatic carbocycles. The molecule has 2 heterocycles. The average Bonchev–Trinajstić information content (AvgIpc) is 3.06. The highest BCUT2D eigenvalue weighted by Gasteiger charge is 2.11. The molecule has 0 saturated heterocycles. The number of nitrogens with one attached hydrogen (secondary N) is 1. The molecule has 0 amide bonds. The van der Waals surface area contributed by atoms with E-state index in [1.165, 1.54) is 5.56 Å². The lowest BCUT2D eigenvalue weighted by Crippen LogP contribution is -1.96. The van der Waals surface area contributed by atoms with Crippen LogP contribution in [0.15, 0.2) is 36.5 Å². The fourth-order valence-electron chi connectivity index (χ4n) is 2.06. The summed E-state index contributed by atoms with van der Waals surface area (Å²) in [6.45, 7) is 2.86. The van der Waals surface area contributed by atoms with Gasteiger partial charge >= 0.3 is 0 Å². The van der Waals surface area contributed by atoms with E-state index in [0.717, 1.165) is 28.7 Å². The van der Waals surface area contributed by atoms with Crippen molar-refractivity contribution in [1.82, 2.24) is 19.7 Å². The number of rotatable bonds is 4. The van der Waals surface area contributed by atoms with Crippen molar-refractivity contribution >= 4 is 23.6 Å². The molecule has 4 nitrogen and oxygen atoms in total. The molecule has 0 spiro atoms. The highest BCUT2D eigenvalue weighted by Crippen LogP contribution is 2.26. The van der Waals surface area contributed by atoms with Gasteiger partial charge in [-0.05, 0) is 24.7 Å². The van der Waals surface area contributed by atoms with Gasteiger partial charge in [0, 0.05) is 19.2 Å². The van der Waals surface area contributed by atoms with E-state index in [4.69, 9.17) is 12.2 Å². The second-order valence-electron chi connectivity index (χ2n) is 4.38. The monoisotopic (exact) mass is 302 g/mol. The van der Waals surface area contributed by atoms with Crippen LogP contribution in [0.1, 0.15) is 17.5 Å². The third-order valence-electron chi connectivity index (χ3n) is 3.05. The summed E-state index contributed by atoms with van der Waals surface area (Å²) >= 11 is 6.88. The Morgan fingerprint density at radius 3 is 2.85 bits per heavy atom. The van der Waals surface area contributed by atoms with E-state index in [1.807, 2.05) is 29.0 Å². The minimum Gasteiger partial charge on any atom is -0.300 e. The normalized spacial score (nSPS) is 10.8. The van der Waals surface area contributed by atoms with Crippen molar-refractivity contribution < 1.29 is 0 Å². The second kappa shape index (κ2) is 5.68. The van der Waals surface area contributed by atoms with Gasteiger partial charge < -0.3 is 0 Å². The van der Waals surface area contributed by atoms with Crippen molar-refractivity contribution in [3.8, 4) is 10.7 Å². The van der Waals surface area contributed by atoms with Gasteiger partial charge in [-0.2, -0.15) is 5.10 Å². The molecule has 0 aliphatic heterocycles. The number of hydrogen-bond acceptors (Lipinski definition) is 4. The van der Waals surface area contributed by atoms with Crippen molar-refractivity contribution in [2.24, 2.45) is 0 Å². The summed E-state index contributed by atoms with van der Waals surface area (Å²) < 4.78 is 2.63. The molecule has 3 rings (SSSR count). The zero-order valence-corrected chi connectivity index (χ0v) is 12.7. The molecule has 0 aliphatic carbocycles. The van der Waals surface area contributed by atoms with Gasteiger partial charge in [-0.15, -0.1) is 11.3 Å². The van der Waals surface area contributed by atoms with E-state index in [9.17, 15) is 0 Å². The predicted octanol–water partition coefficient (Wildman–Crippen LogP) is 3.67. The minimum atomic E-state index is 0.653. The Kier molecular flexibility index (Phi) is 3.75. The van der Waals surface area contributed by atoms with Crippen LogP contribution >= 0.6 is 23.6 Å². The van der Waals surface area contributed by atoms with Crippen molar-refractivity contribution in [2.75, 3.05) is 0 Å². The Bertz CT molecular complexity index is 755. The Morgan fingerprint density at radius 2 is 2.10 bits per heavy atom. The zero-order chi connectivity index (χ0) is 13.9. The Morgan fingerprint density at radius 1 is 1.30 bits per heavy atom. The summed E-state index contributed by atoms with van der Waals surface area (Å²) in [6.07, 6.45) is 2.73. The molecular weight excluding hydrogens is 288 g/mol. The highest BCUT2D eigenvalue weighted by atomic mass is 32.1. The summed E-state index contributed by atoms with van der Waals surface area (Å²) in [6, 6.07) is 10.3. The third kappa shape index (κ3) is 2.57. The third-order valence-corrected chi connectivity index (χ3v) is 4.35. The van der Waals surface area contributed by atoms with Gasteiger partial charge in [-0.3, -0.25) is 9.67 Å². The summed E-state index contributed by atoms with van der Waals surface area (Å²) in [5, 5.41) is 8.22. The molecule has 3 aromatic rings. The largest absolute Gasteiger partial charge is 0.300 e. The van der Waals surface area contributed by atoms with Gasteiger partial charge in [-0.25, -0.2) is 4.98 Å². The predicted molar refractivity (Wildman–Crippen MR) is 83.4 cm³/mol. The molecule has 0 saturated carbocycles. The van der Waals surface area contributed by atoms with Crippen molar-refractivity contribution in [1.29, 1.82) is 0 Å². The molecule has 0 bridgehead atoms. The van der Waals surface area contributed by atoms with E-state index in [0.29, 0.717) is 4.77 Å². The van der Waals surface area contributed by atoms with Gasteiger partial charge in [0.2, 0.25) is 0 Å². The van der Waals surface area contributed by atoms with Crippen molar-refractivity contribution in [2.45, 2.75) is 19.9 Å². The topological polar surface area (TPSA) is 46.5 Å². The maximum absolute atomic E-state index is 5.21. The maximum Gasteiger partial charge on any atom is 0.195 e. The van der Waals surface area contributed by atoms with Crippen LogP contribution in [0.2, 0.25) is 0 Å². The molecule has 102 valence electrons. The number of aromatic nitrogens is 4. The molecule has 2 aromatic heterocycles. The van der Waals surface area contributed by atoms with Gasteiger partial charge in [0.25, 0.3) is 0 Å². The number of H-pyrrole nitrogens is 1. The van der Waals surface area contributed by atoms with Crippen LogP contribution in [-0.2, 0) is 13.0 Å². The second-order valence-corrected chi connectivity index (χ2v) is 5.88. The summed E-state index contributed by atoms with van der Waals surface area (Å²) in [4.78, 5) is 5.54. The number of aromatic amines is 1. The first-order valence-electron chi connectivity index (χ1n) is 6.42. The van der Waals surface area contributed by atoms with Crippen LogP contribution < -0.4 is 0 Å². The standard InChI is InChI=1S/C14H14N4S2/c1-2-18-13(16-17-14(18)19)11-9-15-12(20-11)8-10-6-4-3-5-7-10/h3-7,9H,2,8H2,1H3,(H,17,19). The van der Waals surface area contributed by atoms with E-state index in [-0.39, 0.29) is 0 Å². The first kappa shape index (κ1) is 13.2. The fraction of sp³-hybridized carbons (Fsp3) is 0.214. The first-order valence-corrected chi connectivity index (χ1v) is 7.64. The average molecular weight is 302 g/mol. The van der Waals surface area contributed by atoms with Crippen molar-refractivity contribution in [3.63, 3.8) is 0 Å². The van der Waals surface area contributed by atoms with Crippen LogP contribution in [-0.4, -0.2) is 19.7 Å². The lowest BCUT2D eigenvalue weighted by molar-refractivity contribution is 0.756. The SMILES string of the molecule is CCn1c(-c2cnc(Cc3ccccc3)s2)n[nH]c1=S. The molecule has 0 radical (unpaired) electrons. The van der Waals surface area contributed by atoms with Gasteiger partial charge in [-0.1, -0.05) is 30.3 Å². The Labute approximate surface area is 126 Å². The molecule has 6 heteroatoms. The molecule has 0 atom stereocenters. The minimum absolute atomic E-state index is 0.653. The quantitative estimate of drug-likeness (QED) is 0.748. The van der Waals surface area contributed by atoms with E-state index in [2.05, 4.69) is 34.2 Å². The zero-order valence-electron chi connectivity index (χ0n) is 11.0. The van der Waals surface area contributed by atoms with Crippen LogP contribution in [0.25, 0.3) is 10.7 Å². The Hall–Kier alpha value is -1.79. The lowest BCUT2D eigenvalue weighted by atomic mass is 10.2. The summed E-state index contributed by atoms with van der Waals surface area (Å²) in [5.74, 6) is 0.870. The molecule has 0 fully saturated rings. The fourth-order valence-corrected chi connectivity index (χ4v) is 3.28. The number of hydrogen-bond donors (Lipinski definition) is 1. The number of nitrogens with zero attached hydrogens (tertiary/aromatic N) is 3. The van der Waals surface area contributed by atoms with Gasteiger partial charge in [0.05, 0.1) is 9.88 Å². The van der Waals surface area contributed by atoms with E-state index < -0.39 is 0 Å². The van der Waals surface area contributed by atoms with Crippen LogP contribution in [0.4, 0.5) is 0 Å². The molecule has 0 aliphatic rings. The lowest BCUT2D eigenvalue weighted by Gasteiger charge is -1.99. The van der Waals surface area contributed by atoms with Crippen LogP contribution in [0.3, 0.4) is 0 Å². The van der Waals surface area contributed by atoms with Gasteiger partial charge in [0.15, 0.2) is 10.6 Å². The van der Waals surface area contributed by atoms with E-state index in [1.54, 1.807) is 11.3 Å². The van der Waals surface area contributed by atoms with Crippen LogP contribution in [0.5, 0.6) is 0 Å². The highest BCUT2D eigenvalue weighted by molar-refractivity contribution is 7.71.